The predicted octanol–water partition coefficient (Wildman–Crippen LogP) is 19.7. The fourth-order valence-corrected chi connectivity index (χ4v) is 9.47. The molecule has 0 radical (unpaired) electrons. The van der Waals surface area contributed by atoms with Crippen molar-refractivity contribution in [3.05, 3.63) is 48.6 Å². The number of ether oxygens (including phenoxy) is 1. The number of amides is 1. The molecule has 2 atom stereocenters. The number of esters is 1. The molecule has 416 valence electrons. The van der Waals surface area contributed by atoms with E-state index in [1.807, 2.05) is 6.08 Å². The zero-order valence-electron chi connectivity index (χ0n) is 47.5. The second-order valence-corrected chi connectivity index (χ2v) is 21.4. The van der Waals surface area contributed by atoms with Gasteiger partial charge in [0.1, 0.15) is 0 Å². The summed E-state index contributed by atoms with van der Waals surface area (Å²) in [5, 5.41) is 23.2. The molecule has 0 spiro atoms. The maximum Gasteiger partial charge on any atom is 0.305 e. The summed E-state index contributed by atoms with van der Waals surface area (Å²) in [7, 11) is 0. The highest BCUT2D eigenvalue weighted by Gasteiger charge is 2.18. The highest BCUT2D eigenvalue weighted by molar-refractivity contribution is 5.76. The van der Waals surface area contributed by atoms with Crippen molar-refractivity contribution in [3.8, 4) is 0 Å². The maximum atomic E-state index is 12.5. The van der Waals surface area contributed by atoms with Gasteiger partial charge in [-0.1, -0.05) is 281 Å². The van der Waals surface area contributed by atoms with Crippen molar-refractivity contribution in [2.45, 2.75) is 341 Å². The van der Waals surface area contributed by atoms with Crippen molar-refractivity contribution < 1.29 is 24.5 Å². The molecular formula is C65H121NO5. The lowest BCUT2D eigenvalue weighted by atomic mass is 10.0. The van der Waals surface area contributed by atoms with Gasteiger partial charge in [-0.05, 0) is 83.5 Å². The smallest absolute Gasteiger partial charge is 0.305 e. The van der Waals surface area contributed by atoms with Gasteiger partial charge in [-0.2, -0.15) is 0 Å². The number of allylic oxidation sites excluding steroid dienone is 7. The Morgan fingerprint density at radius 1 is 0.394 bits per heavy atom. The van der Waals surface area contributed by atoms with E-state index in [0.29, 0.717) is 19.4 Å². The summed E-state index contributed by atoms with van der Waals surface area (Å²) in [5.41, 5.74) is 0. The van der Waals surface area contributed by atoms with E-state index < -0.39 is 12.1 Å². The van der Waals surface area contributed by atoms with Crippen LogP contribution in [0.15, 0.2) is 48.6 Å². The Morgan fingerprint density at radius 2 is 0.718 bits per heavy atom. The molecule has 6 nitrogen and oxygen atoms in total. The molecule has 0 aliphatic heterocycles. The number of hydrogen-bond donors (Lipinski definition) is 3. The molecule has 0 bridgehead atoms. The molecule has 0 aliphatic rings. The minimum Gasteiger partial charge on any atom is -0.466 e. The Bertz CT molecular complexity index is 1190. The Kier molecular flexibility index (Phi) is 58.5. The van der Waals surface area contributed by atoms with Gasteiger partial charge < -0.3 is 20.3 Å². The minimum absolute atomic E-state index is 0.0185. The first kappa shape index (κ1) is 68.8. The molecule has 0 aromatic heterocycles. The van der Waals surface area contributed by atoms with Crippen LogP contribution in [0.5, 0.6) is 0 Å². The van der Waals surface area contributed by atoms with Crippen LogP contribution in [-0.2, 0) is 14.3 Å². The predicted molar refractivity (Wildman–Crippen MR) is 310 cm³/mol. The number of unbranched alkanes of at least 4 members (excludes halogenated alkanes) is 41. The summed E-state index contributed by atoms with van der Waals surface area (Å²) in [6, 6.07) is -0.643. The first-order valence-corrected chi connectivity index (χ1v) is 31.4. The van der Waals surface area contributed by atoms with Gasteiger partial charge in [0.25, 0.3) is 0 Å². The molecule has 2 unspecified atom stereocenters. The van der Waals surface area contributed by atoms with Crippen molar-refractivity contribution >= 4 is 11.9 Å². The molecule has 0 aliphatic carbocycles. The van der Waals surface area contributed by atoms with Crippen LogP contribution in [0.25, 0.3) is 0 Å². The third kappa shape index (κ3) is 57.0. The Labute approximate surface area is 442 Å². The van der Waals surface area contributed by atoms with Gasteiger partial charge >= 0.3 is 5.97 Å². The van der Waals surface area contributed by atoms with Crippen LogP contribution in [0.1, 0.15) is 328 Å². The van der Waals surface area contributed by atoms with Crippen molar-refractivity contribution in [3.63, 3.8) is 0 Å². The number of carbonyl (C=O) groups is 2. The molecule has 0 rings (SSSR count). The second kappa shape index (κ2) is 60.4. The van der Waals surface area contributed by atoms with E-state index in [-0.39, 0.29) is 18.5 Å². The van der Waals surface area contributed by atoms with Gasteiger partial charge in [-0.15, -0.1) is 0 Å². The number of hydrogen-bond acceptors (Lipinski definition) is 5. The maximum absolute atomic E-state index is 12.5. The lowest BCUT2D eigenvalue weighted by molar-refractivity contribution is -0.143. The van der Waals surface area contributed by atoms with Crippen LogP contribution < -0.4 is 5.32 Å². The van der Waals surface area contributed by atoms with Crippen molar-refractivity contribution in [1.29, 1.82) is 0 Å². The minimum atomic E-state index is -0.858. The van der Waals surface area contributed by atoms with E-state index in [9.17, 15) is 19.8 Å². The topological polar surface area (TPSA) is 95.9 Å². The quantitative estimate of drug-likeness (QED) is 0.0321. The van der Waals surface area contributed by atoms with Crippen LogP contribution >= 0.6 is 0 Å². The van der Waals surface area contributed by atoms with Crippen molar-refractivity contribution in [1.82, 2.24) is 5.32 Å². The first-order valence-electron chi connectivity index (χ1n) is 31.4. The van der Waals surface area contributed by atoms with E-state index in [1.54, 1.807) is 6.08 Å². The summed E-state index contributed by atoms with van der Waals surface area (Å²) < 4.78 is 5.46. The fourth-order valence-electron chi connectivity index (χ4n) is 9.47. The molecule has 0 heterocycles. The van der Waals surface area contributed by atoms with Gasteiger partial charge in [0.05, 0.1) is 25.4 Å². The molecule has 0 fully saturated rings. The zero-order valence-corrected chi connectivity index (χ0v) is 47.5. The summed E-state index contributed by atoms with van der Waals surface area (Å²) >= 11 is 0. The van der Waals surface area contributed by atoms with Crippen LogP contribution in [0.2, 0.25) is 0 Å². The van der Waals surface area contributed by atoms with Gasteiger partial charge in [-0.25, -0.2) is 0 Å². The van der Waals surface area contributed by atoms with Gasteiger partial charge in [0.2, 0.25) is 5.91 Å². The van der Waals surface area contributed by atoms with E-state index in [0.717, 1.165) is 70.6 Å². The number of aliphatic hydroxyl groups is 2. The molecule has 71 heavy (non-hydrogen) atoms. The number of nitrogens with one attached hydrogen (secondary N) is 1. The largest absolute Gasteiger partial charge is 0.466 e. The lowest BCUT2D eigenvalue weighted by Crippen LogP contribution is -2.45. The van der Waals surface area contributed by atoms with Crippen LogP contribution in [0.3, 0.4) is 0 Å². The number of aliphatic hydroxyl groups excluding tert-OH is 2. The molecule has 0 aromatic rings. The van der Waals surface area contributed by atoms with Crippen molar-refractivity contribution in [2.24, 2.45) is 0 Å². The summed E-state index contributed by atoms with van der Waals surface area (Å²) in [4.78, 5) is 24.5. The normalized spacial score (nSPS) is 12.9. The van der Waals surface area contributed by atoms with E-state index in [1.165, 1.54) is 231 Å². The Hall–Kier alpha value is -2.18. The van der Waals surface area contributed by atoms with Crippen LogP contribution in [0.4, 0.5) is 0 Å². The van der Waals surface area contributed by atoms with Gasteiger partial charge in [-0.3, -0.25) is 9.59 Å². The van der Waals surface area contributed by atoms with E-state index >= 15 is 0 Å². The molecule has 6 heteroatoms. The summed E-state index contributed by atoms with van der Waals surface area (Å²) in [5.74, 6) is -0.102. The average Bonchev–Trinajstić information content (AvgIpc) is 3.37. The summed E-state index contributed by atoms with van der Waals surface area (Å²) in [6.07, 6.45) is 77.2. The highest BCUT2D eigenvalue weighted by atomic mass is 16.5. The molecule has 0 saturated heterocycles. The van der Waals surface area contributed by atoms with Gasteiger partial charge in [0.15, 0.2) is 0 Å². The van der Waals surface area contributed by atoms with Crippen molar-refractivity contribution in [2.75, 3.05) is 13.2 Å². The third-order valence-corrected chi connectivity index (χ3v) is 14.3. The first-order chi connectivity index (χ1) is 35.0. The SMILES string of the molecule is CCCC/C=C\C/C=C\CCCCCCCC(=O)OCCCCCCCCC/C=C\CCCCCCCC(=O)NC(CO)C(O)/C=C/CCCCCCCCCCCCCCCCCCCCCCCC. The standard InChI is InChI=1S/C65H121NO5/c1-3-5-7-9-11-13-15-17-19-20-21-22-23-24-25-26-27-30-33-37-41-45-49-53-57-63(68)62(61-67)66-64(69)58-54-50-46-42-38-34-31-28-29-32-36-40-44-48-52-56-60-71-65(70)59-55-51-47-43-39-35-18-16-14-12-10-8-6-4-2/h10,12,16,18,28,31,53,57,62-63,67-68H,3-9,11,13-15,17,19-27,29-30,32-52,54-56,58-61H2,1-2H3,(H,66,69)/b12-10-,18-16-,31-28-,57-53+. The molecule has 1 amide bonds. The second-order valence-electron chi connectivity index (χ2n) is 21.4. The summed E-state index contributed by atoms with van der Waals surface area (Å²) in [6.45, 7) is 4.85. The Morgan fingerprint density at radius 3 is 1.13 bits per heavy atom. The van der Waals surface area contributed by atoms with Gasteiger partial charge in [0, 0.05) is 12.8 Å². The number of carbonyl (C=O) groups excluding carboxylic acids is 2. The zero-order chi connectivity index (χ0) is 51.4. The monoisotopic (exact) mass is 996 g/mol. The lowest BCUT2D eigenvalue weighted by Gasteiger charge is -2.20. The van der Waals surface area contributed by atoms with Crippen LogP contribution in [0, 0.1) is 0 Å². The third-order valence-electron chi connectivity index (χ3n) is 14.3. The van der Waals surface area contributed by atoms with E-state index in [4.69, 9.17) is 4.74 Å². The highest BCUT2D eigenvalue weighted by Crippen LogP contribution is 2.17. The fraction of sp³-hybridized carbons (Fsp3) is 0.846. The molecule has 0 saturated carbocycles. The number of rotatable bonds is 58. The van der Waals surface area contributed by atoms with E-state index in [2.05, 4.69) is 55.6 Å². The molecular weight excluding hydrogens is 875 g/mol. The van der Waals surface area contributed by atoms with Crippen LogP contribution in [-0.4, -0.2) is 47.4 Å². The average molecular weight is 997 g/mol. The molecule has 3 N–H and O–H groups in total. The molecule has 0 aromatic carbocycles. The Balaban J connectivity index is 3.51.